The second-order valence-electron chi connectivity index (χ2n) is 2.94. The highest BCUT2D eigenvalue weighted by atomic mass is 16.4. The fourth-order valence-electron chi connectivity index (χ4n) is 0.928. The molecular weight excluding hydrogens is 184 g/mol. The fraction of sp³-hybridized carbons (Fsp3) is 0.667. The minimum absolute atomic E-state index is 0.237. The largest absolute Gasteiger partial charge is 0.477 e. The molecule has 0 aromatic carbocycles. The van der Waals surface area contributed by atoms with Crippen molar-refractivity contribution in [2.24, 2.45) is 5.10 Å². The van der Waals surface area contributed by atoms with Crippen LogP contribution in [0.2, 0.25) is 0 Å². The summed E-state index contributed by atoms with van der Waals surface area (Å²) in [6, 6.07) is 0. The van der Waals surface area contributed by atoms with Gasteiger partial charge >= 0.3 is 5.97 Å². The van der Waals surface area contributed by atoms with Crippen molar-refractivity contribution in [3.63, 3.8) is 0 Å². The zero-order valence-corrected chi connectivity index (χ0v) is 8.32. The van der Waals surface area contributed by atoms with Crippen LogP contribution in [0.3, 0.4) is 0 Å². The summed E-state index contributed by atoms with van der Waals surface area (Å²) in [5.41, 5.74) is 2.14. The molecule has 0 aliphatic heterocycles. The van der Waals surface area contributed by atoms with E-state index in [-0.39, 0.29) is 5.91 Å². The van der Waals surface area contributed by atoms with Crippen LogP contribution in [-0.2, 0) is 9.59 Å². The average Bonchev–Trinajstić information content (AvgIpc) is 2.12. The number of hydrogen-bond acceptors (Lipinski definition) is 3. The number of rotatable bonds is 7. The lowest BCUT2D eigenvalue weighted by atomic mass is 10.1. The molecule has 0 atom stereocenters. The molecule has 5 nitrogen and oxygen atoms in total. The van der Waals surface area contributed by atoms with Gasteiger partial charge in [0.15, 0.2) is 0 Å². The molecule has 5 heteroatoms. The van der Waals surface area contributed by atoms with Crippen molar-refractivity contribution in [1.82, 2.24) is 5.43 Å². The van der Waals surface area contributed by atoms with Gasteiger partial charge in [-0.05, 0) is 6.42 Å². The molecule has 0 radical (unpaired) electrons. The van der Waals surface area contributed by atoms with Crippen molar-refractivity contribution in [3.05, 3.63) is 0 Å². The maximum Gasteiger partial charge on any atom is 0.348 e. The molecule has 2 N–H and O–H groups in total. The van der Waals surface area contributed by atoms with Gasteiger partial charge in [-0.15, -0.1) is 0 Å². The third kappa shape index (κ3) is 8.70. The average molecular weight is 200 g/mol. The van der Waals surface area contributed by atoms with E-state index >= 15 is 0 Å². The fourth-order valence-corrected chi connectivity index (χ4v) is 0.928. The number of amides is 1. The van der Waals surface area contributed by atoms with E-state index in [4.69, 9.17) is 5.11 Å². The summed E-state index contributed by atoms with van der Waals surface area (Å²) in [6.07, 6.45) is 5.14. The van der Waals surface area contributed by atoms with Crippen molar-refractivity contribution in [1.29, 1.82) is 0 Å². The van der Waals surface area contributed by atoms with Crippen LogP contribution in [0.15, 0.2) is 5.10 Å². The maximum absolute atomic E-state index is 11.0. The summed E-state index contributed by atoms with van der Waals surface area (Å²) in [5.74, 6) is -1.41. The van der Waals surface area contributed by atoms with Crippen LogP contribution in [0.25, 0.3) is 0 Å². The van der Waals surface area contributed by atoms with Crippen molar-refractivity contribution >= 4 is 18.1 Å². The summed E-state index contributed by atoms with van der Waals surface area (Å²) >= 11 is 0. The number of unbranched alkanes of at least 4 members (excludes halogenated alkanes) is 3. The Hall–Kier alpha value is -1.39. The Morgan fingerprint density at radius 2 is 2.07 bits per heavy atom. The maximum atomic E-state index is 11.0. The predicted molar refractivity (Wildman–Crippen MR) is 53.0 cm³/mol. The molecule has 0 spiro atoms. The number of carboxylic acids is 1. The third-order valence-corrected chi connectivity index (χ3v) is 1.62. The Bertz CT molecular complexity index is 214. The highest BCUT2D eigenvalue weighted by Gasteiger charge is 1.98. The molecule has 14 heavy (non-hydrogen) atoms. The molecule has 80 valence electrons. The van der Waals surface area contributed by atoms with Gasteiger partial charge in [-0.25, -0.2) is 10.2 Å². The molecule has 0 saturated heterocycles. The van der Waals surface area contributed by atoms with Crippen molar-refractivity contribution in [3.8, 4) is 0 Å². The standard InChI is InChI=1S/C9H16N2O3/c1-2-3-4-5-6-8(12)11-10-7-9(13)14/h7H,2-6H2,1H3,(H,11,12)(H,13,14). The first-order valence-electron chi connectivity index (χ1n) is 4.71. The van der Waals surface area contributed by atoms with Crippen molar-refractivity contribution in [2.75, 3.05) is 0 Å². The molecule has 0 aromatic heterocycles. The third-order valence-electron chi connectivity index (χ3n) is 1.62. The normalized spacial score (nSPS) is 10.4. The molecule has 1 amide bonds. The monoisotopic (exact) mass is 200 g/mol. The van der Waals surface area contributed by atoms with Gasteiger partial charge in [-0.2, -0.15) is 5.10 Å². The number of hydrazone groups is 1. The second kappa shape index (κ2) is 8.22. The van der Waals surface area contributed by atoms with Gasteiger partial charge in [0.05, 0.1) is 0 Å². The quantitative estimate of drug-likeness (QED) is 0.367. The van der Waals surface area contributed by atoms with Crippen LogP contribution in [0.4, 0.5) is 0 Å². The van der Waals surface area contributed by atoms with Gasteiger partial charge < -0.3 is 5.11 Å². The SMILES string of the molecule is CCCCCCC(=O)NN=CC(=O)O. The first kappa shape index (κ1) is 12.6. The molecule has 0 unspecified atom stereocenters. The minimum atomic E-state index is -1.17. The highest BCUT2D eigenvalue weighted by Crippen LogP contribution is 2.01. The zero-order chi connectivity index (χ0) is 10.8. The molecule has 0 aliphatic carbocycles. The van der Waals surface area contributed by atoms with E-state index in [0.29, 0.717) is 12.6 Å². The Morgan fingerprint density at radius 3 is 2.64 bits per heavy atom. The van der Waals surface area contributed by atoms with Crippen LogP contribution in [0.5, 0.6) is 0 Å². The number of nitrogens with zero attached hydrogens (tertiary/aromatic N) is 1. The van der Waals surface area contributed by atoms with Crippen molar-refractivity contribution < 1.29 is 14.7 Å². The van der Waals surface area contributed by atoms with Crippen molar-refractivity contribution in [2.45, 2.75) is 39.0 Å². The minimum Gasteiger partial charge on any atom is -0.477 e. The topological polar surface area (TPSA) is 78.8 Å². The number of aliphatic carboxylic acids is 1. The van der Waals surface area contributed by atoms with Crippen LogP contribution in [-0.4, -0.2) is 23.2 Å². The van der Waals surface area contributed by atoms with Gasteiger partial charge in [-0.1, -0.05) is 26.2 Å². The molecule has 0 saturated carbocycles. The zero-order valence-electron chi connectivity index (χ0n) is 8.32. The van der Waals surface area contributed by atoms with E-state index in [9.17, 15) is 9.59 Å². The Kier molecular flexibility index (Phi) is 7.40. The molecule has 0 aliphatic rings. The lowest BCUT2D eigenvalue weighted by Crippen LogP contribution is -2.17. The smallest absolute Gasteiger partial charge is 0.348 e. The number of hydrogen-bond donors (Lipinski definition) is 2. The summed E-state index contributed by atoms with van der Waals surface area (Å²) in [4.78, 5) is 20.9. The number of carboxylic acid groups (broad SMARTS) is 1. The van der Waals surface area contributed by atoms with Gasteiger partial charge in [0.2, 0.25) is 5.91 Å². The van der Waals surface area contributed by atoms with Gasteiger partial charge in [0, 0.05) is 6.42 Å². The lowest BCUT2D eigenvalue weighted by molar-refractivity contribution is -0.128. The van der Waals surface area contributed by atoms with Gasteiger partial charge in [0.25, 0.3) is 0 Å². The predicted octanol–water partition coefficient (Wildman–Crippen LogP) is 1.14. The number of nitrogens with one attached hydrogen (secondary N) is 1. The van der Waals surface area contributed by atoms with Crippen LogP contribution >= 0.6 is 0 Å². The highest BCUT2D eigenvalue weighted by molar-refractivity contribution is 6.22. The molecule has 0 heterocycles. The van der Waals surface area contributed by atoms with E-state index < -0.39 is 5.97 Å². The molecule has 0 rings (SSSR count). The number of carbonyl (C=O) groups is 2. The van der Waals surface area contributed by atoms with E-state index in [0.717, 1.165) is 25.7 Å². The Morgan fingerprint density at radius 1 is 1.36 bits per heavy atom. The van der Waals surface area contributed by atoms with Gasteiger partial charge in [-0.3, -0.25) is 4.79 Å². The summed E-state index contributed by atoms with van der Waals surface area (Å²) in [7, 11) is 0. The summed E-state index contributed by atoms with van der Waals surface area (Å²) in [5, 5.41) is 11.4. The summed E-state index contributed by atoms with van der Waals surface area (Å²) in [6.45, 7) is 2.09. The van der Waals surface area contributed by atoms with E-state index in [1.165, 1.54) is 0 Å². The van der Waals surface area contributed by atoms with Crippen LogP contribution in [0, 0.1) is 0 Å². The summed E-state index contributed by atoms with van der Waals surface area (Å²) < 4.78 is 0. The molecular formula is C9H16N2O3. The Labute approximate surface area is 83.2 Å². The van der Waals surface area contributed by atoms with E-state index in [1.807, 2.05) is 0 Å². The molecule has 0 bridgehead atoms. The first-order chi connectivity index (χ1) is 6.66. The second-order valence-corrected chi connectivity index (χ2v) is 2.94. The Balaban J connectivity index is 3.41. The molecule has 0 fully saturated rings. The van der Waals surface area contributed by atoms with E-state index in [1.54, 1.807) is 0 Å². The van der Waals surface area contributed by atoms with Gasteiger partial charge in [0.1, 0.15) is 6.21 Å². The van der Waals surface area contributed by atoms with E-state index in [2.05, 4.69) is 17.5 Å². The van der Waals surface area contributed by atoms with Crippen LogP contribution < -0.4 is 5.43 Å². The van der Waals surface area contributed by atoms with Crippen LogP contribution in [0.1, 0.15) is 39.0 Å². The first-order valence-corrected chi connectivity index (χ1v) is 4.71. The lowest BCUT2D eigenvalue weighted by Gasteiger charge is -1.98. The molecule has 0 aromatic rings. The number of carbonyl (C=O) groups excluding carboxylic acids is 1.